The van der Waals surface area contributed by atoms with Crippen molar-refractivity contribution in [3.8, 4) is 11.3 Å². The van der Waals surface area contributed by atoms with E-state index in [-0.39, 0.29) is 11.6 Å². The third kappa shape index (κ3) is 3.20. The van der Waals surface area contributed by atoms with Gasteiger partial charge in [-0.3, -0.25) is 0 Å². The van der Waals surface area contributed by atoms with Crippen molar-refractivity contribution < 1.29 is 13.2 Å². The van der Waals surface area contributed by atoms with Crippen molar-refractivity contribution in [1.82, 2.24) is 5.32 Å². The van der Waals surface area contributed by atoms with Gasteiger partial charge in [0.25, 0.3) is 0 Å². The summed E-state index contributed by atoms with van der Waals surface area (Å²) in [4.78, 5) is 0. The molecule has 4 heteroatoms. The zero-order chi connectivity index (χ0) is 13.8. The van der Waals surface area contributed by atoms with Crippen molar-refractivity contribution in [3.63, 3.8) is 0 Å². The van der Waals surface area contributed by atoms with Gasteiger partial charge in [0.2, 0.25) is 0 Å². The van der Waals surface area contributed by atoms with Gasteiger partial charge in [0.05, 0.1) is 11.6 Å². The Kier molecular flexibility index (Phi) is 4.32. The molecule has 2 nitrogen and oxygen atoms in total. The van der Waals surface area contributed by atoms with Crippen LogP contribution < -0.4 is 5.32 Å². The third-order valence-electron chi connectivity index (χ3n) is 2.95. The van der Waals surface area contributed by atoms with Gasteiger partial charge in [0.15, 0.2) is 0 Å². The molecule has 102 valence electrons. The molecule has 0 aliphatic rings. The van der Waals surface area contributed by atoms with Gasteiger partial charge in [0, 0.05) is 6.07 Å². The van der Waals surface area contributed by atoms with E-state index < -0.39 is 11.6 Å². The minimum atomic E-state index is -0.616. The second-order valence-corrected chi connectivity index (χ2v) is 4.50. The quantitative estimate of drug-likeness (QED) is 0.872. The lowest BCUT2D eigenvalue weighted by Gasteiger charge is -2.09. The highest BCUT2D eigenvalue weighted by molar-refractivity contribution is 5.58. The molecule has 1 aromatic heterocycles. The lowest BCUT2D eigenvalue weighted by molar-refractivity contribution is 0.437. The highest BCUT2D eigenvalue weighted by Gasteiger charge is 2.13. The molecule has 0 saturated heterocycles. The van der Waals surface area contributed by atoms with Crippen LogP contribution in [-0.2, 0) is 0 Å². The molecule has 2 rings (SSSR count). The molecule has 2 aromatic rings. The average Bonchev–Trinajstić information content (AvgIpc) is 2.85. The van der Waals surface area contributed by atoms with E-state index in [1.165, 1.54) is 12.1 Å². The second kappa shape index (κ2) is 5.97. The molecule has 0 aliphatic carbocycles. The Morgan fingerprint density at radius 1 is 1.21 bits per heavy atom. The van der Waals surface area contributed by atoms with Crippen molar-refractivity contribution in [2.24, 2.45) is 0 Å². The van der Waals surface area contributed by atoms with E-state index in [1.54, 1.807) is 6.07 Å². The number of furan rings is 1. The highest BCUT2D eigenvalue weighted by Crippen LogP contribution is 2.27. The topological polar surface area (TPSA) is 25.2 Å². The van der Waals surface area contributed by atoms with E-state index in [4.69, 9.17) is 4.42 Å². The van der Waals surface area contributed by atoms with Crippen LogP contribution >= 0.6 is 0 Å². The number of rotatable bonds is 5. The number of hydrogen-bond donors (Lipinski definition) is 1. The fourth-order valence-electron chi connectivity index (χ4n) is 1.88. The average molecular weight is 265 g/mol. The molecule has 0 radical (unpaired) electrons. The van der Waals surface area contributed by atoms with Gasteiger partial charge >= 0.3 is 0 Å². The van der Waals surface area contributed by atoms with Crippen LogP contribution in [0.25, 0.3) is 11.3 Å². The van der Waals surface area contributed by atoms with E-state index in [0.717, 1.165) is 24.8 Å². The van der Waals surface area contributed by atoms with Crippen LogP contribution in [0.4, 0.5) is 8.78 Å². The summed E-state index contributed by atoms with van der Waals surface area (Å²) in [7, 11) is 0. The zero-order valence-corrected chi connectivity index (χ0v) is 11.0. The minimum absolute atomic E-state index is 0.0669. The minimum Gasteiger partial charge on any atom is -0.459 e. The maximum atomic E-state index is 13.6. The van der Waals surface area contributed by atoms with Crippen LogP contribution in [0.2, 0.25) is 0 Å². The molecule has 0 bridgehead atoms. The van der Waals surface area contributed by atoms with E-state index in [2.05, 4.69) is 12.2 Å². The fraction of sp³-hybridized carbons (Fsp3) is 0.333. The van der Waals surface area contributed by atoms with Gasteiger partial charge in [-0.05, 0) is 44.2 Å². The van der Waals surface area contributed by atoms with Gasteiger partial charge in [-0.1, -0.05) is 6.92 Å². The molecule has 19 heavy (non-hydrogen) atoms. The van der Waals surface area contributed by atoms with Crippen LogP contribution in [-0.4, -0.2) is 6.54 Å². The van der Waals surface area contributed by atoms with Gasteiger partial charge in [-0.2, -0.15) is 0 Å². The maximum Gasteiger partial charge on any atom is 0.137 e. The normalized spacial score (nSPS) is 12.6. The van der Waals surface area contributed by atoms with Crippen LogP contribution in [0.5, 0.6) is 0 Å². The molecule has 1 unspecified atom stereocenters. The van der Waals surface area contributed by atoms with Crippen molar-refractivity contribution in [3.05, 3.63) is 47.7 Å². The van der Waals surface area contributed by atoms with E-state index in [0.29, 0.717) is 5.76 Å². The summed E-state index contributed by atoms with van der Waals surface area (Å²) in [6.07, 6.45) is 1.03. The van der Waals surface area contributed by atoms with Crippen LogP contribution in [0.1, 0.15) is 32.1 Å². The molecule has 0 saturated carbocycles. The molecule has 0 fully saturated rings. The van der Waals surface area contributed by atoms with E-state index in [9.17, 15) is 8.78 Å². The summed E-state index contributed by atoms with van der Waals surface area (Å²) in [6.45, 7) is 4.96. The summed E-state index contributed by atoms with van der Waals surface area (Å²) < 4.78 is 32.1. The Morgan fingerprint density at radius 2 is 2.00 bits per heavy atom. The molecule has 0 aliphatic heterocycles. The predicted octanol–water partition coefficient (Wildman–Crippen LogP) is 4.29. The molecular formula is C15H17F2NO. The lowest BCUT2D eigenvalue weighted by atomic mass is 10.1. The molecular weight excluding hydrogens is 248 g/mol. The number of hydrogen-bond acceptors (Lipinski definition) is 2. The standard InChI is InChI=1S/C15H17F2NO/c1-3-8-18-10(2)14-6-7-15(19-14)12-5-4-11(16)9-13(12)17/h4-7,9-10,18H,3,8H2,1-2H3. The summed E-state index contributed by atoms with van der Waals surface area (Å²) in [6, 6.07) is 7.05. The van der Waals surface area contributed by atoms with Crippen molar-refractivity contribution in [2.45, 2.75) is 26.3 Å². The Labute approximate surface area is 111 Å². The Balaban J connectivity index is 2.20. The fourth-order valence-corrected chi connectivity index (χ4v) is 1.88. The molecule has 1 heterocycles. The maximum absolute atomic E-state index is 13.6. The smallest absolute Gasteiger partial charge is 0.137 e. The molecule has 1 aromatic carbocycles. The first-order valence-corrected chi connectivity index (χ1v) is 6.40. The number of halogens is 2. The zero-order valence-electron chi connectivity index (χ0n) is 11.0. The van der Waals surface area contributed by atoms with Crippen LogP contribution in [0.15, 0.2) is 34.7 Å². The first kappa shape index (κ1) is 13.7. The molecule has 1 N–H and O–H groups in total. The van der Waals surface area contributed by atoms with Gasteiger partial charge < -0.3 is 9.73 Å². The lowest BCUT2D eigenvalue weighted by Crippen LogP contribution is -2.18. The number of nitrogens with one attached hydrogen (secondary N) is 1. The highest BCUT2D eigenvalue weighted by atomic mass is 19.1. The molecule has 0 spiro atoms. The Hall–Kier alpha value is -1.68. The summed E-state index contributed by atoms with van der Waals surface area (Å²) in [5, 5.41) is 3.29. The Bertz CT molecular complexity index is 551. The van der Waals surface area contributed by atoms with Crippen molar-refractivity contribution in [1.29, 1.82) is 0 Å². The third-order valence-corrected chi connectivity index (χ3v) is 2.95. The summed E-state index contributed by atoms with van der Waals surface area (Å²) >= 11 is 0. The number of benzene rings is 1. The SMILES string of the molecule is CCCNC(C)c1ccc(-c2ccc(F)cc2F)o1. The molecule has 0 amide bonds. The molecule has 1 atom stereocenters. The predicted molar refractivity (Wildman–Crippen MR) is 70.8 cm³/mol. The van der Waals surface area contributed by atoms with Crippen LogP contribution in [0, 0.1) is 11.6 Å². The van der Waals surface area contributed by atoms with Gasteiger partial charge in [-0.25, -0.2) is 8.78 Å². The van der Waals surface area contributed by atoms with Crippen molar-refractivity contribution in [2.75, 3.05) is 6.54 Å². The van der Waals surface area contributed by atoms with Gasteiger partial charge in [0.1, 0.15) is 23.2 Å². The first-order chi connectivity index (χ1) is 9.11. The second-order valence-electron chi connectivity index (χ2n) is 4.50. The van der Waals surface area contributed by atoms with Crippen molar-refractivity contribution >= 4 is 0 Å². The van der Waals surface area contributed by atoms with E-state index in [1.807, 2.05) is 13.0 Å². The summed E-state index contributed by atoms with van der Waals surface area (Å²) in [5.74, 6) is -0.0501. The Morgan fingerprint density at radius 3 is 2.68 bits per heavy atom. The van der Waals surface area contributed by atoms with E-state index >= 15 is 0 Å². The first-order valence-electron chi connectivity index (χ1n) is 6.40. The summed E-state index contributed by atoms with van der Waals surface area (Å²) in [5.41, 5.74) is 0.273. The van der Waals surface area contributed by atoms with Crippen LogP contribution in [0.3, 0.4) is 0 Å². The monoisotopic (exact) mass is 265 g/mol. The van der Waals surface area contributed by atoms with Gasteiger partial charge in [-0.15, -0.1) is 0 Å². The largest absolute Gasteiger partial charge is 0.459 e.